The molecule has 0 spiro atoms. The molecule has 2 unspecified atom stereocenters. The molecule has 0 saturated carbocycles. The Morgan fingerprint density at radius 3 is 2.49 bits per heavy atom. The van der Waals surface area contributed by atoms with Gasteiger partial charge in [0, 0.05) is 23.1 Å². The van der Waals surface area contributed by atoms with Crippen molar-refractivity contribution >= 4 is 23.6 Å². The van der Waals surface area contributed by atoms with Crippen LogP contribution < -0.4 is 9.47 Å². The number of ether oxygens (including phenoxy) is 2. The van der Waals surface area contributed by atoms with E-state index in [0.29, 0.717) is 22.6 Å². The Hall–Kier alpha value is -3.52. The largest absolute Gasteiger partial charge is 0.497 e. The normalized spacial score (nSPS) is 19.6. The first-order valence-electron chi connectivity index (χ1n) is 11.0. The number of methoxy groups -OCH3 is 2. The van der Waals surface area contributed by atoms with Gasteiger partial charge in [0.15, 0.2) is 4.75 Å². The first-order chi connectivity index (χ1) is 16.8. The third-order valence-electron chi connectivity index (χ3n) is 6.17. The minimum atomic E-state index is -1.56. The summed E-state index contributed by atoms with van der Waals surface area (Å²) in [5.74, 6) is -0.860. The molecule has 1 aliphatic rings. The Balaban J connectivity index is 1.82. The van der Waals surface area contributed by atoms with Crippen molar-refractivity contribution in [2.75, 3.05) is 14.2 Å². The lowest BCUT2D eigenvalue weighted by Crippen LogP contribution is -2.41. The van der Waals surface area contributed by atoms with Crippen molar-refractivity contribution in [1.82, 2.24) is 4.90 Å². The van der Waals surface area contributed by atoms with E-state index in [1.807, 2.05) is 31.2 Å². The van der Waals surface area contributed by atoms with E-state index in [0.717, 1.165) is 22.2 Å². The summed E-state index contributed by atoms with van der Waals surface area (Å²) in [6.07, 6.45) is -0.236. The molecule has 1 saturated heterocycles. The molecule has 1 amide bonds. The van der Waals surface area contributed by atoms with E-state index in [1.165, 1.54) is 30.2 Å². The second kappa shape index (κ2) is 10.00. The molecule has 6 nitrogen and oxygen atoms in total. The van der Waals surface area contributed by atoms with Crippen molar-refractivity contribution in [2.45, 2.75) is 35.6 Å². The standard InChI is InChI=1S/C27H26FNO5S/c1-17-7-11-22(12-8-17)35-27(26(31)32)15-24(30)29(25(27)18-5-4-6-20(28)13-18)16-19-9-10-21(33-2)14-23(19)34-3/h4-14,25H,15-16H2,1-3H3,(H,31,32). The van der Waals surface area contributed by atoms with Gasteiger partial charge < -0.3 is 19.5 Å². The number of carbonyl (C=O) groups excluding carboxylic acids is 1. The molecule has 182 valence electrons. The van der Waals surface area contributed by atoms with Crippen molar-refractivity contribution in [1.29, 1.82) is 0 Å². The zero-order valence-corrected chi connectivity index (χ0v) is 20.5. The van der Waals surface area contributed by atoms with E-state index in [4.69, 9.17) is 9.47 Å². The Bertz CT molecular complexity index is 1250. The molecule has 0 aliphatic carbocycles. The molecule has 2 atom stereocenters. The fraction of sp³-hybridized carbons (Fsp3) is 0.259. The number of thioether (sulfide) groups is 1. The number of aliphatic carboxylic acids is 1. The van der Waals surface area contributed by atoms with Crippen LogP contribution in [0.15, 0.2) is 71.6 Å². The molecular weight excluding hydrogens is 469 g/mol. The van der Waals surface area contributed by atoms with Crippen LogP contribution in [0.4, 0.5) is 4.39 Å². The van der Waals surface area contributed by atoms with Crippen LogP contribution in [-0.4, -0.2) is 40.8 Å². The SMILES string of the molecule is COc1ccc(CN2C(=O)CC(Sc3ccc(C)cc3)(C(=O)O)C2c2cccc(F)c2)c(OC)c1. The van der Waals surface area contributed by atoms with Gasteiger partial charge in [-0.15, -0.1) is 11.8 Å². The Labute approximate surface area is 207 Å². The average Bonchev–Trinajstić information content (AvgIpc) is 3.12. The summed E-state index contributed by atoms with van der Waals surface area (Å²) >= 11 is 1.12. The maximum atomic E-state index is 14.3. The fourth-order valence-corrected chi connectivity index (χ4v) is 5.79. The molecular formula is C27H26FNO5S. The van der Waals surface area contributed by atoms with Crippen LogP contribution in [0.3, 0.4) is 0 Å². The highest BCUT2D eigenvalue weighted by atomic mass is 32.2. The summed E-state index contributed by atoms with van der Waals surface area (Å²) in [4.78, 5) is 28.5. The zero-order valence-electron chi connectivity index (χ0n) is 19.7. The van der Waals surface area contributed by atoms with Gasteiger partial charge in [-0.2, -0.15) is 0 Å². The number of amides is 1. The number of carboxylic acids is 1. The highest BCUT2D eigenvalue weighted by Gasteiger charge is 2.58. The van der Waals surface area contributed by atoms with Gasteiger partial charge >= 0.3 is 5.97 Å². The van der Waals surface area contributed by atoms with Crippen LogP contribution in [0, 0.1) is 12.7 Å². The molecule has 1 N–H and O–H groups in total. The van der Waals surface area contributed by atoms with Gasteiger partial charge in [0.05, 0.1) is 26.7 Å². The maximum absolute atomic E-state index is 14.3. The number of carboxylic acid groups (broad SMARTS) is 1. The van der Waals surface area contributed by atoms with Crippen LogP contribution in [-0.2, 0) is 16.1 Å². The smallest absolute Gasteiger partial charge is 0.323 e. The number of halogens is 1. The molecule has 3 aromatic carbocycles. The molecule has 35 heavy (non-hydrogen) atoms. The number of aryl methyl sites for hydroxylation is 1. The molecule has 8 heteroatoms. The number of hydrogen-bond acceptors (Lipinski definition) is 5. The molecule has 1 aliphatic heterocycles. The van der Waals surface area contributed by atoms with Crippen molar-refractivity contribution in [2.24, 2.45) is 0 Å². The minimum Gasteiger partial charge on any atom is -0.497 e. The molecule has 0 radical (unpaired) electrons. The molecule has 3 aromatic rings. The number of likely N-dealkylation sites (tertiary alicyclic amines) is 1. The predicted molar refractivity (Wildman–Crippen MR) is 131 cm³/mol. The summed E-state index contributed by atoms with van der Waals surface area (Å²) in [6.45, 7) is 2.04. The van der Waals surface area contributed by atoms with Gasteiger partial charge in [0.1, 0.15) is 17.3 Å². The lowest BCUT2D eigenvalue weighted by atomic mass is 9.92. The van der Waals surface area contributed by atoms with E-state index < -0.39 is 22.6 Å². The van der Waals surface area contributed by atoms with Gasteiger partial charge in [-0.25, -0.2) is 4.39 Å². The monoisotopic (exact) mass is 495 g/mol. The summed E-state index contributed by atoms with van der Waals surface area (Å²) in [7, 11) is 3.06. The van der Waals surface area contributed by atoms with Crippen LogP contribution >= 0.6 is 11.8 Å². The fourth-order valence-electron chi connectivity index (χ4n) is 4.43. The van der Waals surface area contributed by atoms with E-state index in [9.17, 15) is 19.1 Å². The molecule has 1 fully saturated rings. The van der Waals surface area contributed by atoms with Gasteiger partial charge in [0.2, 0.25) is 5.91 Å². The topological polar surface area (TPSA) is 76.1 Å². The number of hydrogen-bond donors (Lipinski definition) is 1. The summed E-state index contributed by atoms with van der Waals surface area (Å²) in [5.41, 5.74) is 2.14. The molecule has 1 heterocycles. The highest BCUT2D eigenvalue weighted by Crippen LogP contribution is 2.53. The van der Waals surface area contributed by atoms with Crippen molar-refractivity contribution in [3.8, 4) is 11.5 Å². The molecule has 0 aromatic heterocycles. The van der Waals surface area contributed by atoms with E-state index in [-0.39, 0.29) is 18.9 Å². The molecule has 0 bridgehead atoms. The van der Waals surface area contributed by atoms with Crippen LogP contribution in [0.2, 0.25) is 0 Å². The lowest BCUT2D eigenvalue weighted by molar-refractivity contribution is -0.140. The third-order valence-corrected chi connectivity index (χ3v) is 7.58. The number of nitrogens with zero attached hydrogens (tertiary/aromatic N) is 1. The third kappa shape index (κ3) is 4.84. The summed E-state index contributed by atoms with van der Waals surface area (Å²) in [5, 5.41) is 10.5. The van der Waals surface area contributed by atoms with E-state index in [1.54, 1.807) is 31.4 Å². The molecule has 4 rings (SSSR count). The number of benzene rings is 3. The number of rotatable bonds is 8. The van der Waals surface area contributed by atoms with Crippen LogP contribution in [0.5, 0.6) is 11.5 Å². The Morgan fingerprint density at radius 1 is 1.11 bits per heavy atom. The first kappa shape index (κ1) is 24.6. The maximum Gasteiger partial charge on any atom is 0.323 e. The van der Waals surface area contributed by atoms with Crippen molar-refractivity contribution in [3.63, 3.8) is 0 Å². The quantitative estimate of drug-likeness (QED) is 0.461. The van der Waals surface area contributed by atoms with Gasteiger partial charge in [-0.3, -0.25) is 9.59 Å². The van der Waals surface area contributed by atoms with Gasteiger partial charge in [-0.05, 0) is 48.9 Å². The summed E-state index contributed by atoms with van der Waals surface area (Å²) in [6, 6.07) is 17.6. The minimum absolute atomic E-state index is 0.0939. The second-order valence-corrected chi connectivity index (χ2v) is 9.85. The zero-order chi connectivity index (χ0) is 25.2. The van der Waals surface area contributed by atoms with E-state index >= 15 is 0 Å². The second-order valence-electron chi connectivity index (χ2n) is 8.44. The first-order valence-corrected chi connectivity index (χ1v) is 11.8. The van der Waals surface area contributed by atoms with Crippen LogP contribution in [0.25, 0.3) is 0 Å². The average molecular weight is 496 g/mol. The van der Waals surface area contributed by atoms with Crippen LogP contribution in [0.1, 0.15) is 29.2 Å². The van der Waals surface area contributed by atoms with Gasteiger partial charge in [0.25, 0.3) is 0 Å². The highest BCUT2D eigenvalue weighted by molar-refractivity contribution is 8.01. The van der Waals surface area contributed by atoms with Gasteiger partial charge in [-0.1, -0.05) is 29.8 Å². The predicted octanol–water partition coefficient (Wildman–Crippen LogP) is 5.24. The Morgan fingerprint density at radius 2 is 1.86 bits per heavy atom. The van der Waals surface area contributed by atoms with Crippen molar-refractivity contribution in [3.05, 3.63) is 89.2 Å². The lowest BCUT2D eigenvalue weighted by Gasteiger charge is -2.35. The number of carbonyl (C=O) groups is 2. The van der Waals surface area contributed by atoms with Crippen molar-refractivity contribution < 1.29 is 28.6 Å². The Kier molecular flexibility index (Phi) is 7.03. The summed E-state index contributed by atoms with van der Waals surface area (Å²) < 4.78 is 23.5. The van der Waals surface area contributed by atoms with E-state index in [2.05, 4.69) is 0 Å².